The lowest BCUT2D eigenvalue weighted by molar-refractivity contribution is -0.123. The van der Waals surface area contributed by atoms with Crippen molar-refractivity contribution in [2.24, 2.45) is 5.10 Å². The first kappa shape index (κ1) is 15.7. The fraction of sp³-hybridized carbons (Fsp3) is 0.200. The second-order valence-corrected chi connectivity index (χ2v) is 6.38. The summed E-state index contributed by atoms with van der Waals surface area (Å²) in [6.45, 7) is 3.87. The van der Waals surface area contributed by atoms with E-state index in [1.165, 1.54) is 11.3 Å². The molecule has 1 aromatic carbocycles. The minimum Gasteiger partial charge on any atom is -0.483 e. The molecule has 21 heavy (non-hydrogen) atoms. The number of nitrogens with zero attached hydrogens (tertiary/aromatic N) is 1. The van der Waals surface area contributed by atoms with E-state index in [2.05, 4.69) is 26.5 Å². The third kappa shape index (κ3) is 4.99. The van der Waals surface area contributed by atoms with Gasteiger partial charge in [0.05, 0.1) is 6.21 Å². The van der Waals surface area contributed by atoms with Crippen molar-refractivity contribution in [1.29, 1.82) is 0 Å². The molecule has 0 unspecified atom stereocenters. The van der Waals surface area contributed by atoms with E-state index in [0.29, 0.717) is 0 Å². The third-order valence-corrected chi connectivity index (χ3v) is 4.30. The number of thiophene rings is 1. The Balaban J connectivity index is 1.82. The number of carbonyl (C=O) groups is 1. The first-order chi connectivity index (χ1) is 10.0. The number of amides is 1. The predicted molar refractivity (Wildman–Crippen MR) is 89.2 cm³/mol. The SMILES string of the molecule is Cc1ccc(C)c(OCC(=O)NN=Cc2cc(Br)cs2)c1. The molecule has 0 saturated heterocycles. The Morgan fingerprint density at radius 3 is 2.95 bits per heavy atom. The lowest BCUT2D eigenvalue weighted by atomic mass is 10.1. The van der Waals surface area contributed by atoms with Crippen LogP contribution >= 0.6 is 27.3 Å². The molecule has 2 aromatic rings. The number of aryl methyl sites for hydroxylation is 2. The molecule has 0 radical (unpaired) electrons. The third-order valence-electron chi connectivity index (χ3n) is 2.67. The van der Waals surface area contributed by atoms with Gasteiger partial charge in [-0.1, -0.05) is 12.1 Å². The van der Waals surface area contributed by atoms with Gasteiger partial charge in [-0.15, -0.1) is 11.3 Å². The molecule has 1 aromatic heterocycles. The van der Waals surface area contributed by atoms with Gasteiger partial charge >= 0.3 is 0 Å². The molecule has 1 heterocycles. The maximum Gasteiger partial charge on any atom is 0.277 e. The molecule has 0 aliphatic heterocycles. The van der Waals surface area contributed by atoms with Crippen molar-refractivity contribution >= 4 is 39.4 Å². The lowest BCUT2D eigenvalue weighted by Crippen LogP contribution is -2.24. The minimum atomic E-state index is -0.289. The maximum absolute atomic E-state index is 11.7. The maximum atomic E-state index is 11.7. The van der Waals surface area contributed by atoms with Gasteiger partial charge in [-0.3, -0.25) is 4.79 Å². The van der Waals surface area contributed by atoms with Gasteiger partial charge in [-0.05, 0) is 53.0 Å². The van der Waals surface area contributed by atoms with E-state index in [1.807, 2.05) is 43.5 Å². The summed E-state index contributed by atoms with van der Waals surface area (Å²) < 4.78 is 6.49. The van der Waals surface area contributed by atoms with Crippen LogP contribution in [0, 0.1) is 13.8 Å². The van der Waals surface area contributed by atoms with Gasteiger partial charge in [0.15, 0.2) is 6.61 Å². The smallest absolute Gasteiger partial charge is 0.277 e. The lowest BCUT2D eigenvalue weighted by Gasteiger charge is -2.08. The summed E-state index contributed by atoms with van der Waals surface area (Å²) in [6, 6.07) is 7.81. The number of rotatable bonds is 5. The van der Waals surface area contributed by atoms with Crippen LogP contribution in [0.15, 0.2) is 39.2 Å². The van der Waals surface area contributed by atoms with Crippen LogP contribution in [0.5, 0.6) is 5.75 Å². The molecule has 6 heteroatoms. The van der Waals surface area contributed by atoms with Crippen LogP contribution in [0.25, 0.3) is 0 Å². The number of carbonyl (C=O) groups excluding carboxylic acids is 1. The van der Waals surface area contributed by atoms with Crippen LogP contribution in [0.2, 0.25) is 0 Å². The molecule has 0 aliphatic rings. The van der Waals surface area contributed by atoms with Gasteiger partial charge in [0.25, 0.3) is 5.91 Å². The summed E-state index contributed by atoms with van der Waals surface area (Å²) in [7, 11) is 0. The van der Waals surface area contributed by atoms with Crippen molar-refractivity contribution < 1.29 is 9.53 Å². The predicted octanol–water partition coefficient (Wildman–Crippen LogP) is 3.66. The molecule has 0 atom stereocenters. The fourth-order valence-electron chi connectivity index (χ4n) is 1.60. The summed E-state index contributed by atoms with van der Waals surface area (Å²) in [5, 5.41) is 5.84. The van der Waals surface area contributed by atoms with Gasteiger partial charge in [0.2, 0.25) is 0 Å². The number of nitrogens with one attached hydrogen (secondary N) is 1. The Bertz CT molecular complexity index is 667. The number of hydrogen-bond acceptors (Lipinski definition) is 4. The van der Waals surface area contributed by atoms with Gasteiger partial charge in [0, 0.05) is 14.7 Å². The van der Waals surface area contributed by atoms with Crippen LogP contribution in [-0.2, 0) is 4.79 Å². The van der Waals surface area contributed by atoms with Crippen molar-refractivity contribution in [3.05, 3.63) is 50.1 Å². The fourth-order valence-corrected chi connectivity index (χ4v) is 2.91. The number of hydrogen-bond donors (Lipinski definition) is 1. The van der Waals surface area contributed by atoms with E-state index in [1.54, 1.807) is 6.21 Å². The average Bonchev–Trinajstić information content (AvgIpc) is 2.85. The van der Waals surface area contributed by atoms with E-state index < -0.39 is 0 Å². The normalized spacial score (nSPS) is 10.8. The van der Waals surface area contributed by atoms with Crippen LogP contribution in [0.4, 0.5) is 0 Å². The molecule has 2 rings (SSSR count). The number of benzene rings is 1. The van der Waals surface area contributed by atoms with Crippen LogP contribution < -0.4 is 10.2 Å². The Morgan fingerprint density at radius 1 is 1.43 bits per heavy atom. The van der Waals surface area contributed by atoms with Crippen molar-refractivity contribution in [3.8, 4) is 5.75 Å². The Kier molecular flexibility index (Phi) is 5.52. The standard InChI is InChI=1S/C15H15BrN2O2S/c1-10-3-4-11(2)14(5-10)20-8-15(19)18-17-7-13-6-12(16)9-21-13/h3-7,9H,8H2,1-2H3,(H,18,19). The van der Waals surface area contributed by atoms with Crippen molar-refractivity contribution in [2.75, 3.05) is 6.61 Å². The van der Waals surface area contributed by atoms with E-state index in [4.69, 9.17) is 4.74 Å². The average molecular weight is 367 g/mol. The number of hydrazone groups is 1. The summed E-state index contributed by atoms with van der Waals surface area (Å²) >= 11 is 4.89. The van der Waals surface area contributed by atoms with Gasteiger partial charge in [0.1, 0.15) is 5.75 Å². The molecule has 1 N–H and O–H groups in total. The first-order valence-corrected chi connectivity index (χ1v) is 7.98. The van der Waals surface area contributed by atoms with Gasteiger partial charge < -0.3 is 4.74 Å². The van der Waals surface area contributed by atoms with Crippen LogP contribution in [-0.4, -0.2) is 18.7 Å². The highest BCUT2D eigenvalue weighted by atomic mass is 79.9. The summed E-state index contributed by atoms with van der Waals surface area (Å²) in [5.74, 6) is 0.430. The monoisotopic (exact) mass is 366 g/mol. The molecule has 1 amide bonds. The molecule has 4 nitrogen and oxygen atoms in total. The van der Waals surface area contributed by atoms with Crippen LogP contribution in [0.1, 0.15) is 16.0 Å². The largest absolute Gasteiger partial charge is 0.483 e. The van der Waals surface area contributed by atoms with Crippen molar-refractivity contribution in [2.45, 2.75) is 13.8 Å². The Labute approximate surface area is 136 Å². The van der Waals surface area contributed by atoms with Gasteiger partial charge in [-0.2, -0.15) is 5.10 Å². The molecule has 0 aliphatic carbocycles. The number of halogens is 1. The Hall–Kier alpha value is -1.66. The molecule has 0 saturated carbocycles. The second kappa shape index (κ2) is 7.38. The van der Waals surface area contributed by atoms with E-state index in [9.17, 15) is 4.79 Å². The molecular formula is C15H15BrN2O2S. The van der Waals surface area contributed by atoms with E-state index in [-0.39, 0.29) is 12.5 Å². The molecule has 0 spiro atoms. The molecule has 0 fully saturated rings. The van der Waals surface area contributed by atoms with Gasteiger partial charge in [-0.25, -0.2) is 5.43 Å². The first-order valence-electron chi connectivity index (χ1n) is 6.30. The topological polar surface area (TPSA) is 50.7 Å². The number of ether oxygens (including phenoxy) is 1. The highest BCUT2D eigenvalue weighted by Gasteiger charge is 2.04. The minimum absolute atomic E-state index is 0.0598. The summed E-state index contributed by atoms with van der Waals surface area (Å²) in [4.78, 5) is 12.6. The highest BCUT2D eigenvalue weighted by molar-refractivity contribution is 9.10. The zero-order chi connectivity index (χ0) is 15.2. The van der Waals surface area contributed by atoms with Crippen molar-refractivity contribution in [1.82, 2.24) is 5.43 Å². The molecular weight excluding hydrogens is 352 g/mol. The van der Waals surface area contributed by atoms with Crippen molar-refractivity contribution in [3.63, 3.8) is 0 Å². The Morgan fingerprint density at radius 2 is 2.24 bits per heavy atom. The summed E-state index contributed by atoms with van der Waals surface area (Å²) in [6.07, 6.45) is 1.60. The van der Waals surface area contributed by atoms with Crippen LogP contribution in [0.3, 0.4) is 0 Å². The zero-order valence-electron chi connectivity index (χ0n) is 11.7. The molecule has 110 valence electrons. The second-order valence-electron chi connectivity index (χ2n) is 4.52. The van der Waals surface area contributed by atoms with E-state index >= 15 is 0 Å². The zero-order valence-corrected chi connectivity index (χ0v) is 14.1. The highest BCUT2D eigenvalue weighted by Crippen LogP contribution is 2.19. The molecule has 0 bridgehead atoms. The summed E-state index contributed by atoms with van der Waals surface area (Å²) in [5.41, 5.74) is 4.54. The van der Waals surface area contributed by atoms with E-state index in [0.717, 1.165) is 26.2 Å². The quantitative estimate of drug-likeness (QED) is 0.648.